The molecule has 0 fully saturated rings. The molecule has 20 heavy (non-hydrogen) atoms. The highest BCUT2D eigenvalue weighted by molar-refractivity contribution is 5.86. The molecule has 0 amide bonds. The smallest absolute Gasteiger partial charge is 0.376 e. The maximum Gasteiger partial charge on any atom is 0.376 e. The molecule has 110 valence electrons. The summed E-state index contributed by atoms with van der Waals surface area (Å²) in [6.45, 7) is 5.17. The van der Waals surface area contributed by atoms with E-state index in [1.54, 1.807) is 19.9 Å². The standard InChI is InChI=1S/C13H19N3O4/c1-5-6-13(3,12(18)19)16-9-7-8(2)14-10(15-9)11(17)20-4/h7H,5-6H2,1-4H3,(H,18,19)(H,14,15,16). The topological polar surface area (TPSA) is 101 Å². The summed E-state index contributed by atoms with van der Waals surface area (Å²) in [7, 11) is 1.24. The Bertz CT molecular complexity index is 518. The summed E-state index contributed by atoms with van der Waals surface area (Å²) < 4.78 is 4.56. The van der Waals surface area contributed by atoms with E-state index < -0.39 is 17.5 Å². The van der Waals surface area contributed by atoms with Gasteiger partial charge in [0.25, 0.3) is 0 Å². The molecule has 1 rings (SSSR count). The third-order valence-electron chi connectivity index (χ3n) is 2.85. The predicted octanol–water partition coefficient (Wildman–Crippen LogP) is 1.63. The molecule has 0 aliphatic rings. The highest BCUT2D eigenvalue weighted by Crippen LogP contribution is 2.20. The molecule has 1 unspecified atom stereocenters. The molecule has 7 nitrogen and oxygen atoms in total. The van der Waals surface area contributed by atoms with E-state index in [4.69, 9.17) is 0 Å². The minimum atomic E-state index is -1.15. The van der Waals surface area contributed by atoms with Crippen molar-refractivity contribution in [3.05, 3.63) is 17.6 Å². The number of ether oxygens (including phenoxy) is 1. The van der Waals surface area contributed by atoms with E-state index in [1.807, 2.05) is 6.92 Å². The van der Waals surface area contributed by atoms with E-state index in [2.05, 4.69) is 20.0 Å². The van der Waals surface area contributed by atoms with E-state index in [9.17, 15) is 14.7 Å². The molecule has 1 atom stereocenters. The Morgan fingerprint density at radius 1 is 1.45 bits per heavy atom. The number of aliphatic carboxylic acids is 1. The quantitative estimate of drug-likeness (QED) is 0.764. The number of aromatic nitrogens is 2. The molecular formula is C13H19N3O4. The molecule has 2 N–H and O–H groups in total. The zero-order valence-corrected chi connectivity index (χ0v) is 12.1. The van der Waals surface area contributed by atoms with Gasteiger partial charge >= 0.3 is 11.9 Å². The van der Waals surface area contributed by atoms with Gasteiger partial charge in [-0.2, -0.15) is 0 Å². The van der Waals surface area contributed by atoms with Crippen molar-refractivity contribution in [1.82, 2.24) is 9.97 Å². The fourth-order valence-corrected chi connectivity index (χ4v) is 1.82. The Balaban J connectivity index is 3.10. The zero-order chi connectivity index (χ0) is 15.3. The number of hydrogen-bond donors (Lipinski definition) is 2. The van der Waals surface area contributed by atoms with Crippen molar-refractivity contribution in [2.24, 2.45) is 0 Å². The third kappa shape index (κ3) is 3.66. The molecular weight excluding hydrogens is 262 g/mol. The van der Waals surface area contributed by atoms with E-state index >= 15 is 0 Å². The van der Waals surface area contributed by atoms with Crippen molar-refractivity contribution in [2.75, 3.05) is 12.4 Å². The first kappa shape index (κ1) is 15.9. The summed E-state index contributed by atoms with van der Waals surface area (Å²) in [4.78, 5) is 30.8. The lowest BCUT2D eigenvalue weighted by Crippen LogP contribution is -2.43. The zero-order valence-electron chi connectivity index (χ0n) is 12.1. The van der Waals surface area contributed by atoms with Crippen molar-refractivity contribution in [2.45, 2.75) is 39.2 Å². The number of carboxylic acids is 1. The van der Waals surface area contributed by atoms with Crippen LogP contribution in [0.2, 0.25) is 0 Å². The maximum atomic E-state index is 11.5. The summed E-state index contributed by atoms with van der Waals surface area (Å²) in [6.07, 6.45) is 1.13. The lowest BCUT2D eigenvalue weighted by Gasteiger charge is -2.26. The predicted molar refractivity (Wildman–Crippen MR) is 72.7 cm³/mol. The van der Waals surface area contributed by atoms with E-state index in [0.29, 0.717) is 18.5 Å². The van der Waals surface area contributed by atoms with Gasteiger partial charge in [-0.3, -0.25) is 0 Å². The molecule has 0 saturated heterocycles. The van der Waals surface area contributed by atoms with Gasteiger partial charge in [0.05, 0.1) is 7.11 Å². The van der Waals surface area contributed by atoms with E-state index in [0.717, 1.165) is 0 Å². The highest BCUT2D eigenvalue weighted by atomic mass is 16.5. The van der Waals surface area contributed by atoms with Gasteiger partial charge in [-0.1, -0.05) is 13.3 Å². The van der Waals surface area contributed by atoms with Crippen LogP contribution in [0.4, 0.5) is 5.82 Å². The van der Waals surface area contributed by atoms with E-state index in [-0.39, 0.29) is 11.6 Å². The van der Waals surface area contributed by atoms with E-state index in [1.165, 1.54) is 7.11 Å². The third-order valence-corrected chi connectivity index (χ3v) is 2.85. The maximum absolute atomic E-state index is 11.5. The summed E-state index contributed by atoms with van der Waals surface area (Å²) in [5.41, 5.74) is -0.602. The number of anilines is 1. The number of methoxy groups -OCH3 is 1. The molecule has 0 aliphatic heterocycles. The largest absolute Gasteiger partial charge is 0.480 e. The van der Waals surface area contributed by atoms with Gasteiger partial charge in [0.15, 0.2) is 0 Å². The van der Waals surface area contributed by atoms with Crippen LogP contribution >= 0.6 is 0 Å². The first-order valence-corrected chi connectivity index (χ1v) is 6.28. The second-order valence-electron chi connectivity index (χ2n) is 4.72. The van der Waals surface area contributed by atoms with Crippen molar-refractivity contribution in [3.63, 3.8) is 0 Å². The van der Waals surface area contributed by atoms with Crippen molar-refractivity contribution >= 4 is 17.8 Å². The van der Waals surface area contributed by atoms with Gasteiger partial charge in [-0.15, -0.1) is 0 Å². The Kier molecular flexibility index (Phi) is 5.01. The Labute approximate surface area is 117 Å². The second-order valence-corrected chi connectivity index (χ2v) is 4.72. The number of rotatable bonds is 6. The Hall–Kier alpha value is -2.18. The van der Waals surface area contributed by atoms with Crippen LogP contribution in [-0.4, -0.2) is 39.7 Å². The number of carbonyl (C=O) groups excluding carboxylic acids is 1. The average Bonchev–Trinajstić information content (AvgIpc) is 2.37. The lowest BCUT2D eigenvalue weighted by atomic mass is 9.96. The van der Waals surface area contributed by atoms with Crippen LogP contribution < -0.4 is 5.32 Å². The molecule has 1 aromatic heterocycles. The monoisotopic (exact) mass is 281 g/mol. The molecule has 1 heterocycles. The molecule has 7 heteroatoms. The average molecular weight is 281 g/mol. The van der Waals surface area contributed by atoms with Crippen LogP contribution in [0, 0.1) is 6.92 Å². The van der Waals surface area contributed by atoms with Crippen LogP contribution in [-0.2, 0) is 9.53 Å². The molecule has 0 aliphatic carbocycles. The van der Waals surface area contributed by atoms with Crippen molar-refractivity contribution < 1.29 is 19.4 Å². The van der Waals surface area contributed by atoms with Crippen LogP contribution in [0.25, 0.3) is 0 Å². The van der Waals surface area contributed by atoms with Crippen LogP contribution in [0.15, 0.2) is 6.07 Å². The van der Waals surface area contributed by atoms with Crippen molar-refractivity contribution in [1.29, 1.82) is 0 Å². The Morgan fingerprint density at radius 3 is 2.60 bits per heavy atom. The fourth-order valence-electron chi connectivity index (χ4n) is 1.82. The summed E-state index contributed by atoms with van der Waals surface area (Å²) in [5.74, 6) is -1.45. The minimum absolute atomic E-state index is 0.0979. The number of hydrogen-bond acceptors (Lipinski definition) is 6. The Morgan fingerprint density at radius 2 is 2.10 bits per heavy atom. The summed E-state index contributed by atoms with van der Waals surface area (Å²) >= 11 is 0. The number of carbonyl (C=O) groups is 2. The SMILES string of the molecule is CCCC(C)(Nc1cc(C)nc(C(=O)OC)n1)C(=O)O. The van der Waals surface area contributed by atoms with Crippen LogP contribution in [0.1, 0.15) is 43.0 Å². The number of nitrogens with one attached hydrogen (secondary N) is 1. The van der Waals surface area contributed by atoms with Gasteiger partial charge in [0, 0.05) is 11.8 Å². The molecule has 0 saturated carbocycles. The first-order valence-electron chi connectivity index (χ1n) is 6.28. The number of esters is 1. The van der Waals surface area contributed by atoms with Crippen molar-refractivity contribution in [3.8, 4) is 0 Å². The number of carboxylic acid groups (broad SMARTS) is 1. The summed E-state index contributed by atoms with van der Waals surface area (Å²) in [6, 6.07) is 1.59. The minimum Gasteiger partial charge on any atom is -0.480 e. The fraction of sp³-hybridized carbons (Fsp3) is 0.538. The number of aryl methyl sites for hydroxylation is 1. The molecule has 0 aromatic carbocycles. The van der Waals surface area contributed by atoms with Gasteiger partial charge in [0.2, 0.25) is 5.82 Å². The van der Waals surface area contributed by atoms with Crippen LogP contribution in [0.5, 0.6) is 0 Å². The van der Waals surface area contributed by atoms with Crippen LogP contribution in [0.3, 0.4) is 0 Å². The summed E-state index contributed by atoms with van der Waals surface area (Å²) in [5, 5.41) is 12.2. The lowest BCUT2D eigenvalue weighted by molar-refractivity contribution is -0.142. The molecule has 0 spiro atoms. The number of nitrogens with zero attached hydrogens (tertiary/aromatic N) is 2. The molecule has 0 bridgehead atoms. The first-order chi connectivity index (χ1) is 9.32. The van der Waals surface area contributed by atoms with Gasteiger partial charge in [-0.25, -0.2) is 19.6 Å². The normalized spacial score (nSPS) is 13.4. The van der Waals surface area contributed by atoms with Gasteiger partial charge in [-0.05, 0) is 20.3 Å². The highest BCUT2D eigenvalue weighted by Gasteiger charge is 2.32. The van der Waals surface area contributed by atoms with Gasteiger partial charge in [0.1, 0.15) is 11.4 Å². The molecule has 1 aromatic rings. The second kappa shape index (κ2) is 6.31. The molecule has 0 radical (unpaired) electrons. The van der Waals surface area contributed by atoms with Gasteiger partial charge < -0.3 is 15.2 Å².